The van der Waals surface area contributed by atoms with Crippen molar-refractivity contribution in [1.82, 2.24) is 24.2 Å². The van der Waals surface area contributed by atoms with Crippen LogP contribution in [0.4, 0.5) is 0 Å². The molecule has 4 rings (SSSR count). The van der Waals surface area contributed by atoms with Crippen LogP contribution in [0.2, 0.25) is 0 Å². The number of pyridine rings is 1. The molecule has 10 heteroatoms. The molecule has 166 valence electrons. The lowest BCUT2D eigenvalue weighted by molar-refractivity contribution is -0.142. The molecule has 2 aliphatic rings. The minimum Gasteiger partial charge on any atom is -0.368 e. The van der Waals surface area contributed by atoms with Crippen LogP contribution in [0.25, 0.3) is 11.5 Å². The minimum absolute atomic E-state index is 0.0412. The Balaban J connectivity index is 1.54. The Morgan fingerprint density at radius 2 is 1.94 bits per heavy atom. The second kappa shape index (κ2) is 8.97. The van der Waals surface area contributed by atoms with Crippen LogP contribution in [0.15, 0.2) is 35.5 Å². The molecule has 1 atom stereocenters. The van der Waals surface area contributed by atoms with E-state index in [2.05, 4.69) is 15.0 Å². The van der Waals surface area contributed by atoms with Crippen LogP contribution in [-0.2, 0) is 19.6 Å². The molecule has 2 fully saturated rings. The van der Waals surface area contributed by atoms with E-state index in [-0.39, 0.29) is 35.9 Å². The summed E-state index contributed by atoms with van der Waals surface area (Å²) < 4.78 is 33.7. The normalized spacial score (nSPS) is 20.4. The van der Waals surface area contributed by atoms with E-state index >= 15 is 0 Å². The molecule has 0 aliphatic carbocycles. The highest BCUT2D eigenvalue weighted by Crippen LogP contribution is 2.27. The molecule has 0 saturated carbocycles. The summed E-state index contributed by atoms with van der Waals surface area (Å²) in [5, 5.41) is 0. The summed E-state index contributed by atoms with van der Waals surface area (Å²) in [6.45, 7) is 5.59. The van der Waals surface area contributed by atoms with Gasteiger partial charge in [0, 0.05) is 39.0 Å². The molecule has 0 N–H and O–H groups in total. The Bertz CT molecular complexity index is 1030. The van der Waals surface area contributed by atoms with Gasteiger partial charge in [0.2, 0.25) is 10.0 Å². The summed E-state index contributed by atoms with van der Waals surface area (Å²) in [6, 6.07) is 5.43. The molecule has 0 bridgehead atoms. The van der Waals surface area contributed by atoms with Crippen LogP contribution in [0.1, 0.15) is 38.3 Å². The third-order valence-electron chi connectivity index (χ3n) is 5.60. The summed E-state index contributed by atoms with van der Waals surface area (Å²) in [5.41, 5.74) is 1.06. The fraction of sp³-hybridized carbons (Fsp3) is 0.524. The van der Waals surface area contributed by atoms with Gasteiger partial charge in [0.1, 0.15) is 16.7 Å². The molecule has 0 radical (unpaired) electrons. The van der Waals surface area contributed by atoms with E-state index in [0.29, 0.717) is 36.9 Å². The first kappa shape index (κ1) is 21.8. The van der Waals surface area contributed by atoms with E-state index in [1.54, 1.807) is 23.2 Å². The molecular formula is C21H27N5O4S. The standard InChI is InChI=1S/C21H27N5O4S/c1-15(2)19-18(14-23-20(24-19)16-6-3-4-8-22-16)31(28,29)26-11-9-25(10-12-26)21(27)17-7-5-13-30-17/h3-4,6,8,14-15,17H,5,7,9-13H2,1-2H3. The van der Waals surface area contributed by atoms with Crippen molar-refractivity contribution in [2.24, 2.45) is 0 Å². The number of amides is 1. The largest absolute Gasteiger partial charge is 0.368 e. The van der Waals surface area contributed by atoms with Gasteiger partial charge in [-0.1, -0.05) is 19.9 Å². The summed E-state index contributed by atoms with van der Waals surface area (Å²) in [4.78, 5) is 27.4. The lowest BCUT2D eigenvalue weighted by Crippen LogP contribution is -2.52. The second-order valence-corrected chi connectivity index (χ2v) is 9.95. The number of rotatable bonds is 5. The molecule has 2 aromatic heterocycles. The number of hydrogen-bond acceptors (Lipinski definition) is 7. The van der Waals surface area contributed by atoms with Crippen LogP contribution in [0.3, 0.4) is 0 Å². The Hall–Kier alpha value is -2.43. The van der Waals surface area contributed by atoms with Crippen LogP contribution >= 0.6 is 0 Å². The van der Waals surface area contributed by atoms with Crippen molar-refractivity contribution in [2.75, 3.05) is 32.8 Å². The molecular weight excluding hydrogens is 418 g/mol. The van der Waals surface area contributed by atoms with E-state index in [9.17, 15) is 13.2 Å². The van der Waals surface area contributed by atoms with Gasteiger partial charge in [-0.25, -0.2) is 18.4 Å². The topological polar surface area (TPSA) is 106 Å². The number of nitrogens with zero attached hydrogens (tertiary/aromatic N) is 5. The first-order chi connectivity index (χ1) is 14.9. The van der Waals surface area contributed by atoms with Gasteiger partial charge in [0.15, 0.2) is 5.82 Å². The first-order valence-corrected chi connectivity index (χ1v) is 12.0. The van der Waals surface area contributed by atoms with Gasteiger partial charge in [-0.3, -0.25) is 9.78 Å². The highest BCUT2D eigenvalue weighted by Gasteiger charge is 2.35. The number of sulfonamides is 1. The van der Waals surface area contributed by atoms with Gasteiger partial charge in [-0.05, 0) is 30.9 Å². The average molecular weight is 446 g/mol. The van der Waals surface area contributed by atoms with E-state index in [0.717, 1.165) is 12.8 Å². The minimum atomic E-state index is -3.79. The SMILES string of the molecule is CC(C)c1nc(-c2ccccn2)ncc1S(=O)(=O)N1CCN(C(=O)C2CCCO2)CC1. The maximum absolute atomic E-state index is 13.4. The molecule has 1 unspecified atom stereocenters. The number of ether oxygens (including phenoxy) is 1. The first-order valence-electron chi connectivity index (χ1n) is 10.6. The fourth-order valence-electron chi connectivity index (χ4n) is 3.88. The number of hydrogen-bond donors (Lipinski definition) is 0. The van der Waals surface area contributed by atoms with Crippen molar-refractivity contribution in [2.45, 2.75) is 43.6 Å². The highest BCUT2D eigenvalue weighted by molar-refractivity contribution is 7.89. The van der Waals surface area contributed by atoms with Crippen molar-refractivity contribution in [3.8, 4) is 11.5 Å². The summed E-state index contributed by atoms with van der Waals surface area (Å²) >= 11 is 0. The summed E-state index contributed by atoms with van der Waals surface area (Å²) in [7, 11) is -3.79. The number of piperazine rings is 1. The van der Waals surface area contributed by atoms with Gasteiger partial charge < -0.3 is 9.64 Å². The molecule has 0 aromatic carbocycles. The Labute approximate surface area is 182 Å². The molecule has 0 spiro atoms. The predicted octanol–water partition coefficient (Wildman–Crippen LogP) is 1.67. The number of carbonyl (C=O) groups excluding carboxylic acids is 1. The van der Waals surface area contributed by atoms with E-state index in [4.69, 9.17) is 4.74 Å². The zero-order valence-electron chi connectivity index (χ0n) is 17.8. The smallest absolute Gasteiger partial charge is 0.251 e. The number of aromatic nitrogens is 3. The molecule has 4 heterocycles. The van der Waals surface area contributed by atoms with Gasteiger partial charge in [-0.2, -0.15) is 4.31 Å². The van der Waals surface area contributed by atoms with E-state index < -0.39 is 10.0 Å². The monoisotopic (exact) mass is 445 g/mol. The summed E-state index contributed by atoms with van der Waals surface area (Å²) in [5.74, 6) is 0.244. The van der Waals surface area contributed by atoms with Crippen molar-refractivity contribution in [1.29, 1.82) is 0 Å². The zero-order chi connectivity index (χ0) is 22.0. The predicted molar refractivity (Wildman–Crippen MR) is 114 cm³/mol. The zero-order valence-corrected chi connectivity index (χ0v) is 18.6. The van der Waals surface area contributed by atoms with Gasteiger partial charge in [0.05, 0.1) is 11.9 Å². The van der Waals surface area contributed by atoms with Crippen LogP contribution in [0, 0.1) is 0 Å². The Kier molecular flexibility index (Phi) is 6.31. The maximum Gasteiger partial charge on any atom is 0.251 e. The molecule has 1 amide bonds. The van der Waals surface area contributed by atoms with Crippen LogP contribution in [-0.4, -0.2) is 77.4 Å². The molecule has 9 nitrogen and oxygen atoms in total. The molecule has 31 heavy (non-hydrogen) atoms. The molecule has 2 aromatic rings. The van der Waals surface area contributed by atoms with Crippen molar-refractivity contribution in [3.63, 3.8) is 0 Å². The van der Waals surface area contributed by atoms with Crippen LogP contribution < -0.4 is 0 Å². The van der Waals surface area contributed by atoms with Crippen molar-refractivity contribution < 1.29 is 17.9 Å². The van der Waals surface area contributed by atoms with Gasteiger partial charge in [-0.15, -0.1) is 0 Å². The third kappa shape index (κ3) is 4.46. The summed E-state index contributed by atoms with van der Waals surface area (Å²) in [6.07, 6.45) is 4.26. The maximum atomic E-state index is 13.4. The lowest BCUT2D eigenvalue weighted by Gasteiger charge is -2.35. The lowest BCUT2D eigenvalue weighted by atomic mass is 10.1. The van der Waals surface area contributed by atoms with Gasteiger partial charge >= 0.3 is 0 Å². The van der Waals surface area contributed by atoms with E-state index in [1.807, 2.05) is 19.9 Å². The number of carbonyl (C=O) groups is 1. The third-order valence-corrected chi connectivity index (χ3v) is 7.51. The molecule has 2 saturated heterocycles. The van der Waals surface area contributed by atoms with Crippen molar-refractivity contribution >= 4 is 15.9 Å². The Morgan fingerprint density at radius 3 is 2.55 bits per heavy atom. The Morgan fingerprint density at radius 1 is 1.16 bits per heavy atom. The van der Waals surface area contributed by atoms with Crippen LogP contribution in [0.5, 0.6) is 0 Å². The fourth-order valence-corrected chi connectivity index (χ4v) is 5.53. The van der Waals surface area contributed by atoms with E-state index in [1.165, 1.54) is 10.5 Å². The van der Waals surface area contributed by atoms with Gasteiger partial charge in [0.25, 0.3) is 5.91 Å². The average Bonchev–Trinajstić information content (AvgIpc) is 3.34. The van der Waals surface area contributed by atoms with Crippen molar-refractivity contribution in [3.05, 3.63) is 36.3 Å². The molecule has 2 aliphatic heterocycles. The quantitative estimate of drug-likeness (QED) is 0.689. The second-order valence-electron chi connectivity index (χ2n) is 8.04. The highest BCUT2D eigenvalue weighted by atomic mass is 32.2.